The molecule has 1 heterocycles. The molecule has 3 atom stereocenters. The van der Waals surface area contributed by atoms with Crippen LogP contribution in [0, 0.1) is 11.3 Å². The highest BCUT2D eigenvalue weighted by molar-refractivity contribution is 6.06. The lowest BCUT2D eigenvalue weighted by atomic mass is 9.95. The largest absolute Gasteiger partial charge is 0.465 e. The quantitative estimate of drug-likeness (QED) is 0.665. The van der Waals surface area contributed by atoms with Gasteiger partial charge in [-0.15, -0.1) is 0 Å². The number of benzene rings is 1. The molecule has 1 saturated carbocycles. The molecular formula is C18H23NO4. The summed E-state index contributed by atoms with van der Waals surface area (Å²) in [5.74, 6) is -1.07. The third-order valence-corrected chi connectivity index (χ3v) is 4.95. The van der Waals surface area contributed by atoms with Gasteiger partial charge in [-0.3, -0.25) is 9.59 Å². The molecule has 2 aliphatic rings. The molecule has 1 aromatic carbocycles. The third kappa shape index (κ3) is 2.74. The van der Waals surface area contributed by atoms with Crippen molar-refractivity contribution < 1.29 is 19.4 Å². The first-order valence-electron chi connectivity index (χ1n) is 8.31. The van der Waals surface area contributed by atoms with E-state index in [1.165, 1.54) is 0 Å². The molecule has 2 fully saturated rings. The summed E-state index contributed by atoms with van der Waals surface area (Å²) in [7, 11) is 0. The van der Waals surface area contributed by atoms with Crippen molar-refractivity contribution in [2.45, 2.75) is 32.3 Å². The Morgan fingerprint density at radius 2 is 1.96 bits per heavy atom. The van der Waals surface area contributed by atoms with E-state index in [-0.39, 0.29) is 12.5 Å². The van der Waals surface area contributed by atoms with Crippen LogP contribution in [0.1, 0.15) is 37.9 Å². The second kappa shape index (κ2) is 6.32. The van der Waals surface area contributed by atoms with Crippen molar-refractivity contribution in [3.8, 4) is 0 Å². The molecule has 0 bridgehead atoms. The van der Waals surface area contributed by atoms with Crippen LogP contribution >= 0.6 is 0 Å². The van der Waals surface area contributed by atoms with E-state index in [2.05, 4.69) is 0 Å². The van der Waals surface area contributed by atoms with Crippen LogP contribution in [0.2, 0.25) is 0 Å². The molecule has 1 aliphatic heterocycles. The Morgan fingerprint density at radius 3 is 2.57 bits per heavy atom. The zero-order valence-electron chi connectivity index (χ0n) is 13.4. The summed E-state index contributed by atoms with van der Waals surface area (Å²) in [6, 6.07) is 9.19. The molecule has 0 aromatic heterocycles. The second-order valence-electron chi connectivity index (χ2n) is 6.36. The lowest BCUT2D eigenvalue weighted by Crippen LogP contribution is -2.42. The Labute approximate surface area is 136 Å². The second-order valence-corrected chi connectivity index (χ2v) is 6.36. The van der Waals surface area contributed by atoms with Gasteiger partial charge in [0.15, 0.2) is 5.41 Å². The van der Waals surface area contributed by atoms with Gasteiger partial charge in [0.1, 0.15) is 0 Å². The molecule has 0 spiro atoms. The predicted octanol–water partition coefficient (Wildman–Crippen LogP) is 1.91. The Balaban J connectivity index is 1.84. The fourth-order valence-corrected chi connectivity index (χ4v) is 3.58. The minimum Gasteiger partial charge on any atom is -0.465 e. The third-order valence-electron chi connectivity index (χ3n) is 4.95. The number of likely N-dealkylation sites (tertiary alicyclic amines) is 1. The predicted molar refractivity (Wildman–Crippen MR) is 84.4 cm³/mol. The van der Waals surface area contributed by atoms with E-state index in [9.17, 15) is 14.7 Å². The highest BCUT2D eigenvalue weighted by Gasteiger charge is 2.70. The number of hydrogen-bond donors (Lipinski definition) is 1. The van der Waals surface area contributed by atoms with E-state index in [0.717, 1.165) is 18.4 Å². The highest BCUT2D eigenvalue weighted by Crippen LogP contribution is 2.60. The maximum atomic E-state index is 12.9. The average Bonchev–Trinajstić information content (AvgIpc) is 3.10. The number of ether oxygens (including phenoxy) is 1. The molecule has 1 N–H and O–H groups in total. The number of nitrogens with zero attached hydrogens (tertiary/aromatic N) is 1. The summed E-state index contributed by atoms with van der Waals surface area (Å²) >= 11 is 0. The van der Waals surface area contributed by atoms with Gasteiger partial charge >= 0.3 is 5.97 Å². The molecule has 5 nitrogen and oxygen atoms in total. The molecule has 3 rings (SSSR count). The van der Waals surface area contributed by atoms with Crippen molar-refractivity contribution in [1.82, 2.24) is 4.90 Å². The lowest BCUT2D eigenvalue weighted by molar-refractivity contribution is -0.159. The van der Waals surface area contributed by atoms with Crippen LogP contribution < -0.4 is 0 Å². The number of esters is 1. The first-order chi connectivity index (χ1) is 11.1. The Morgan fingerprint density at radius 1 is 1.30 bits per heavy atom. The Kier molecular flexibility index (Phi) is 4.39. The lowest BCUT2D eigenvalue weighted by Gasteiger charge is -2.24. The van der Waals surface area contributed by atoms with Gasteiger partial charge in [-0.1, -0.05) is 30.3 Å². The first-order valence-corrected chi connectivity index (χ1v) is 8.31. The van der Waals surface area contributed by atoms with Crippen LogP contribution in [0.4, 0.5) is 0 Å². The molecule has 3 unspecified atom stereocenters. The van der Waals surface area contributed by atoms with Crippen LogP contribution in [0.5, 0.6) is 0 Å². The summed E-state index contributed by atoms with van der Waals surface area (Å²) in [5, 5.41) is 10.6. The number of aliphatic hydroxyl groups is 1. The summed E-state index contributed by atoms with van der Waals surface area (Å²) in [6.45, 7) is 3.35. The normalized spacial score (nSPS) is 27.6. The summed E-state index contributed by atoms with van der Waals surface area (Å²) in [6.07, 6.45) is 1.47. The minimum absolute atomic E-state index is 0.173. The number of carbonyl (C=O) groups is 2. The molecule has 124 valence electrons. The molecule has 1 aromatic rings. The van der Waals surface area contributed by atoms with Crippen LogP contribution in [0.3, 0.4) is 0 Å². The fourth-order valence-electron chi connectivity index (χ4n) is 3.58. The number of aliphatic hydroxyl groups excluding tert-OH is 1. The van der Waals surface area contributed by atoms with Gasteiger partial charge in [0.2, 0.25) is 5.91 Å². The van der Waals surface area contributed by atoms with Crippen LogP contribution in [-0.4, -0.2) is 41.6 Å². The Bertz CT molecular complexity index is 582. The fraction of sp³-hybridized carbons (Fsp3) is 0.556. The number of amides is 1. The molecule has 1 saturated heterocycles. The summed E-state index contributed by atoms with van der Waals surface area (Å²) < 4.78 is 5.17. The molecular weight excluding hydrogens is 294 g/mol. The van der Waals surface area contributed by atoms with Crippen LogP contribution in [-0.2, 0) is 14.3 Å². The van der Waals surface area contributed by atoms with E-state index in [1.54, 1.807) is 11.8 Å². The van der Waals surface area contributed by atoms with E-state index in [0.29, 0.717) is 19.5 Å². The maximum Gasteiger partial charge on any atom is 0.322 e. The summed E-state index contributed by atoms with van der Waals surface area (Å²) in [5.41, 5.74) is -0.465. The molecule has 23 heavy (non-hydrogen) atoms. The van der Waals surface area contributed by atoms with Crippen molar-refractivity contribution in [3.63, 3.8) is 0 Å². The first kappa shape index (κ1) is 16.0. The van der Waals surface area contributed by atoms with E-state index < -0.39 is 23.4 Å². The summed E-state index contributed by atoms with van der Waals surface area (Å²) in [4.78, 5) is 27.1. The number of hydrogen-bond acceptors (Lipinski definition) is 4. The number of carbonyl (C=O) groups excluding carboxylic acids is 2. The molecule has 1 amide bonds. The SMILES string of the molecule is CCOC(=O)C1(C(=O)N2CCCC2)CC1C(O)c1ccccc1. The van der Waals surface area contributed by atoms with Gasteiger partial charge in [-0.05, 0) is 31.7 Å². The average molecular weight is 317 g/mol. The van der Waals surface area contributed by atoms with Gasteiger partial charge < -0.3 is 14.7 Å². The van der Waals surface area contributed by atoms with Crippen molar-refractivity contribution in [2.75, 3.05) is 19.7 Å². The van der Waals surface area contributed by atoms with Gasteiger partial charge in [-0.2, -0.15) is 0 Å². The molecule has 1 aliphatic carbocycles. The van der Waals surface area contributed by atoms with Gasteiger partial charge in [0.25, 0.3) is 0 Å². The van der Waals surface area contributed by atoms with Crippen molar-refractivity contribution >= 4 is 11.9 Å². The standard InChI is InChI=1S/C18H23NO4/c1-2-23-17(22)18(16(21)19-10-6-7-11-19)12-14(18)15(20)13-8-4-3-5-9-13/h3-5,8-9,14-15,20H,2,6-7,10-12H2,1H3. The van der Waals surface area contributed by atoms with Crippen molar-refractivity contribution in [2.24, 2.45) is 11.3 Å². The molecule has 5 heteroatoms. The van der Waals surface area contributed by atoms with Crippen LogP contribution in [0.15, 0.2) is 30.3 Å². The van der Waals surface area contributed by atoms with Crippen molar-refractivity contribution in [1.29, 1.82) is 0 Å². The maximum absolute atomic E-state index is 12.9. The minimum atomic E-state index is -1.20. The zero-order valence-corrected chi connectivity index (χ0v) is 13.4. The topological polar surface area (TPSA) is 66.8 Å². The smallest absolute Gasteiger partial charge is 0.322 e. The van der Waals surface area contributed by atoms with Gasteiger partial charge in [0, 0.05) is 19.0 Å². The van der Waals surface area contributed by atoms with Gasteiger partial charge in [-0.25, -0.2) is 0 Å². The number of rotatable bonds is 5. The highest BCUT2D eigenvalue weighted by atomic mass is 16.5. The monoisotopic (exact) mass is 317 g/mol. The van der Waals surface area contributed by atoms with E-state index in [1.807, 2.05) is 30.3 Å². The van der Waals surface area contributed by atoms with Crippen molar-refractivity contribution in [3.05, 3.63) is 35.9 Å². The van der Waals surface area contributed by atoms with E-state index >= 15 is 0 Å². The Hall–Kier alpha value is -1.88. The molecule has 0 radical (unpaired) electrons. The van der Waals surface area contributed by atoms with Gasteiger partial charge in [0.05, 0.1) is 12.7 Å². The van der Waals surface area contributed by atoms with Crippen LogP contribution in [0.25, 0.3) is 0 Å². The zero-order chi connectivity index (χ0) is 16.4. The van der Waals surface area contributed by atoms with E-state index in [4.69, 9.17) is 4.74 Å².